The van der Waals surface area contributed by atoms with Crippen LogP contribution in [0.4, 0.5) is 11.6 Å². The molecule has 0 radical (unpaired) electrons. The Kier molecular flexibility index (Phi) is 5.44. The van der Waals surface area contributed by atoms with Crippen molar-refractivity contribution in [3.05, 3.63) is 71.5 Å². The molecule has 0 aliphatic carbocycles. The van der Waals surface area contributed by atoms with Gasteiger partial charge in [0, 0.05) is 22.6 Å². The molecule has 0 aliphatic rings. The van der Waals surface area contributed by atoms with E-state index >= 15 is 0 Å². The Morgan fingerprint density at radius 1 is 0.704 bits per heavy atom. The van der Waals surface area contributed by atoms with Gasteiger partial charge in [0.1, 0.15) is 0 Å². The van der Waals surface area contributed by atoms with Crippen LogP contribution in [0.25, 0.3) is 0 Å². The van der Waals surface area contributed by atoms with Crippen LogP contribution < -0.4 is 9.44 Å². The van der Waals surface area contributed by atoms with Gasteiger partial charge in [-0.2, -0.15) is 0 Å². The van der Waals surface area contributed by atoms with Crippen LogP contribution in [-0.2, 0) is 20.0 Å². The summed E-state index contributed by atoms with van der Waals surface area (Å²) in [4.78, 5) is 7.63. The number of hydrogen-bond donors (Lipinski definition) is 2. The van der Waals surface area contributed by atoms with Crippen molar-refractivity contribution < 1.29 is 16.8 Å². The maximum atomic E-state index is 12.4. The molecule has 2 N–H and O–H groups in total. The van der Waals surface area contributed by atoms with Crippen molar-refractivity contribution in [3.63, 3.8) is 0 Å². The Bertz CT molecular complexity index is 1140. The van der Waals surface area contributed by atoms with E-state index in [1.54, 1.807) is 18.2 Å². The molecule has 140 valence electrons. The van der Waals surface area contributed by atoms with Crippen molar-refractivity contribution in [3.8, 4) is 0 Å². The summed E-state index contributed by atoms with van der Waals surface area (Å²) in [5.74, 6) is -0.0579. The molecule has 27 heavy (non-hydrogen) atoms. The Balaban J connectivity index is 1.78. The lowest BCUT2D eigenvalue weighted by atomic mass is 10.3. The topological polar surface area (TPSA) is 118 Å². The van der Waals surface area contributed by atoms with E-state index in [0.717, 1.165) is 4.47 Å². The second-order valence-electron chi connectivity index (χ2n) is 5.26. The monoisotopic (exact) mass is 468 g/mol. The first-order valence-corrected chi connectivity index (χ1v) is 11.2. The molecule has 11 heteroatoms. The first kappa shape index (κ1) is 19.3. The maximum Gasteiger partial charge on any atom is 0.264 e. The number of hydrogen-bond acceptors (Lipinski definition) is 6. The van der Waals surface area contributed by atoms with Gasteiger partial charge in [0.25, 0.3) is 20.0 Å². The summed E-state index contributed by atoms with van der Waals surface area (Å²) in [6.07, 6.45) is 2.82. The van der Waals surface area contributed by atoms with Gasteiger partial charge >= 0.3 is 0 Å². The van der Waals surface area contributed by atoms with Crippen LogP contribution >= 0.6 is 15.9 Å². The minimum Gasteiger partial charge on any atom is -0.280 e. The SMILES string of the molecule is O=S(=O)(Nc1ccc(S(=O)(=O)Nc2ncccn2)cc1)c1ccc(Br)cc1. The van der Waals surface area contributed by atoms with E-state index in [2.05, 4.69) is 35.3 Å². The molecule has 0 aliphatic heterocycles. The zero-order chi connectivity index (χ0) is 19.5. The highest BCUT2D eigenvalue weighted by atomic mass is 79.9. The van der Waals surface area contributed by atoms with Crippen molar-refractivity contribution in [2.75, 3.05) is 9.44 Å². The van der Waals surface area contributed by atoms with Crippen molar-refractivity contribution in [1.82, 2.24) is 9.97 Å². The van der Waals surface area contributed by atoms with Crippen LogP contribution in [0.3, 0.4) is 0 Å². The normalized spacial score (nSPS) is 11.7. The fourth-order valence-electron chi connectivity index (χ4n) is 2.06. The molecule has 0 saturated carbocycles. The third-order valence-corrected chi connectivity index (χ3v) is 6.60. The Morgan fingerprint density at radius 3 is 1.74 bits per heavy atom. The minimum absolute atomic E-state index is 0.0541. The molecule has 1 aromatic heterocycles. The van der Waals surface area contributed by atoms with E-state index in [4.69, 9.17) is 0 Å². The molecule has 0 saturated heterocycles. The van der Waals surface area contributed by atoms with Gasteiger partial charge in [0.2, 0.25) is 5.95 Å². The van der Waals surface area contributed by atoms with Crippen LogP contribution in [0.2, 0.25) is 0 Å². The molecule has 0 fully saturated rings. The van der Waals surface area contributed by atoms with Gasteiger partial charge in [-0.3, -0.25) is 4.72 Å². The Labute approximate surface area is 164 Å². The number of nitrogens with zero attached hydrogens (tertiary/aromatic N) is 2. The van der Waals surface area contributed by atoms with Crippen molar-refractivity contribution >= 4 is 47.6 Å². The molecule has 2 aromatic carbocycles. The predicted octanol–water partition coefficient (Wildman–Crippen LogP) is 2.84. The summed E-state index contributed by atoms with van der Waals surface area (Å²) in [7, 11) is -7.67. The molecule has 0 bridgehead atoms. The third kappa shape index (κ3) is 4.81. The third-order valence-electron chi connectivity index (χ3n) is 3.33. The lowest BCUT2D eigenvalue weighted by molar-refractivity contribution is 0.599. The van der Waals surface area contributed by atoms with Crippen LogP contribution in [0.15, 0.2) is 81.3 Å². The van der Waals surface area contributed by atoms with E-state index in [1.807, 2.05) is 0 Å². The molecule has 3 aromatic rings. The van der Waals surface area contributed by atoms with E-state index in [1.165, 1.54) is 48.8 Å². The Morgan fingerprint density at radius 2 is 1.19 bits per heavy atom. The number of anilines is 2. The van der Waals surface area contributed by atoms with Gasteiger partial charge in [-0.25, -0.2) is 31.5 Å². The van der Waals surface area contributed by atoms with Crippen molar-refractivity contribution in [1.29, 1.82) is 0 Å². The maximum absolute atomic E-state index is 12.4. The summed E-state index contributed by atoms with van der Waals surface area (Å²) in [5.41, 5.74) is 0.229. The molecule has 8 nitrogen and oxygen atoms in total. The molecule has 0 atom stereocenters. The smallest absolute Gasteiger partial charge is 0.264 e. The van der Waals surface area contributed by atoms with Gasteiger partial charge in [-0.15, -0.1) is 0 Å². The molecular weight excluding hydrogens is 456 g/mol. The lowest BCUT2D eigenvalue weighted by Gasteiger charge is -2.10. The zero-order valence-electron chi connectivity index (χ0n) is 13.6. The highest BCUT2D eigenvalue weighted by Crippen LogP contribution is 2.20. The van der Waals surface area contributed by atoms with Gasteiger partial charge in [0.15, 0.2) is 0 Å². The number of nitrogens with one attached hydrogen (secondary N) is 2. The predicted molar refractivity (Wildman–Crippen MR) is 104 cm³/mol. The standard InChI is InChI=1S/C16H13BrN4O4S2/c17-12-2-6-14(7-3-12)26(22,23)20-13-4-8-15(9-5-13)27(24,25)21-16-18-10-1-11-19-16/h1-11,20H,(H,18,19,21). The average molecular weight is 469 g/mol. The van der Waals surface area contributed by atoms with Gasteiger partial charge in [-0.1, -0.05) is 15.9 Å². The van der Waals surface area contributed by atoms with Crippen LogP contribution in [0, 0.1) is 0 Å². The largest absolute Gasteiger partial charge is 0.280 e. The fourth-order valence-corrected chi connectivity index (χ4v) is 4.34. The molecule has 3 rings (SSSR count). The lowest BCUT2D eigenvalue weighted by Crippen LogP contribution is -2.15. The summed E-state index contributed by atoms with van der Waals surface area (Å²) < 4.78 is 54.8. The second-order valence-corrected chi connectivity index (χ2v) is 9.54. The van der Waals surface area contributed by atoms with Crippen molar-refractivity contribution in [2.45, 2.75) is 9.79 Å². The summed E-state index contributed by atoms with van der Waals surface area (Å²) in [6.45, 7) is 0. The van der Waals surface area contributed by atoms with Crippen molar-refractivity contribution in [2.24, 2.45) is 0 Å². The number of sulfonamides is 2. The van der Waals surface area contributed by atoms with Crippen LogP contribution in [0.5, 0.6) is 0 Å². The highest BCUT2D eigenvalue weighted by Gasteiger charge is 2.17. The first-order chi connectivity index (χ1) is 12.8. The van der Waals surface area contributed by atoms with Gasteiger partial charge < -0.3 is 0 Å². The number of halogens is 1. The number of benzene rings is 2. The molecule has 0 amide bonds. The first-order valence-electron chi connectivity index (χ1n) is 7.45. The molecule has 0 unspecified atom stereocenters. The number of rotatable bonds is 6. The van der Waals surface area contributed by atoms with Gasteiger partial charge in [-0.05, 0) is 54.6 Å². The van der Waals surface area contributed by atoms with E-state index in [-0.39, 0.29) is 21.4 Å². The van der Waals surface area contributed by atoms with E-state index < -0.39 is 20.0 Å². The van der Waals surface area contributed by atoms with Crippen LogP contribution in [-0.4, -0.2) is 26.8 Å². The van der Waals surface area contributed by atoms with E-state index in [0.29, 0.717) is 0 Å². The summed E-state index contributed by atoms with van der Waals surface area (Å²) >= 11 is 3.24. The minimum atomic E-state index is -3.89. The average Bonchev–Trinajstić information content (AvgIpc) is 2.63. The highest BCUT2D eigenvalue weighted by molar-refractivity contribution is 9.10. The van der Waals surface area contributed by atoms with E-state index in [9.17, 15) is 16.8 Å². The Hall–Kier alpha value is -2.50. The molecule has 0 spiro atoms. The quantitative estimate of drug-likeness (QED) is 0.573. The fraction of sp³-hybridized carbons (Fsp3) is 0. The van der Waals surface area contributed by atoms with Crippen LogP contribution in [0.1, 0.15) is 0 Å². The van der Waals surface area contributed by atoms with Gasteiger partial charge in [0.05, 0.1) is 9.79 Å². The molecule has 1 heterocycles. The zero-order valence-corrected chi connectivity index (χ0v) is 16.8. The summed E-state index contributed by atoms with van der Waals surface area (Å²) in [6, 6.07) is 13.0. The second kappa shape index (κ2) is 7.62. The summed E-state index contributed by atoms with van der Waals surface area (Å²) in [5, 5.41) is 0. The molecular formula is C16H13BrN4O4S2. The number of aromatic nitrogens is 2.